The van der Waals surface area contributed by atoms with Crippen molar-refractivity contribution in [2.45, 2.75) is 38.6 Å². The summed E-state index contributed by atoms with van der Waals surface area (Å²) in [6, 6.07) is 14.7. The van der Waals surface area contributed by atoms with Crippen molar-refractivity contribution in [2.75, 3.05) is 4.72 Å². The van der Waals surface area contributed by atoms with Gasteiger partial charge in [-0.05, 0) is 43.5 Å². The zero-order valence-corrected chi connectivity index (χ0v) is 14.5. The van der Waals surface area contributed by atoms with E-state index in [1.54, 1.807) is 18.2 Å². The summed E-state index contributed by atoms with van der Waals surface area (Å²) in [4.78, 5) is 0. The molecule has 3 rings (SSSR count). The first-order valence-corrected chi connectivity index (χ1v) is 9.64. The molecule has 0 atom stereocenters. The molecule has 0 radical (unpaired) electrons. The average molecular weight is 346 g/mol. The van der Waals surface area contributed by atoms with E-state index in [0.717, 1.165) is 31.2 Å². The first kappa shape index (κ1) is 16.8. The minimum absolute atomic E-state index is 0.0203. The third-order valence-electron chi connectivity index (χ3n) is 4.12. The Morgan fingerprint density at radius 2 is 1.58 bits per heavy atom. The van der Waals surface area contributed by atoms with Crippen LogP contribution in [-0.4, -0.2) is 14.5 Å². The van der Waals surface area contributed by atoms with Gasteiger partial charge in [0.2, 0.25) is 0 Å². The molecule has 0 saturated heterocycles. The molecule has 128 valence electrons. The van der Waals surface area contributed by atoms with Gasteiger partial charge >= 0.3 is 0 Å². The number of hydrogen-bond donors (Lipinski definition) is 2. The van der Waals surface area contributed by atoms with Crippen molar-refractivity contribution in [1.82, 2.24) is 4.72 Å². The van der Waals surface area contributed by atoms with E-state index in [2.05, 4.69) is 9.44 Å². The molecular weight excluding hydrogens is 324 g/mol. The molecule has 1 saturated carbocycles. The molecule has 2 N–H and O–H groups in total. The van der Waals surface area contributed by atoms with Crippen LogP contribution in [0.2, 0.25) is 0 Å². The molecule has 0 aliphatic heterocycles. The van der Waals surface area contributed by atoms with E-state index < -0.39 is 10.2 Å². The van der Waals surface area contributed by atoms with Gasteiger partial charge in [0.15, 0.2) is 5.75 Å². The standard InChI is InChI=1S/C18H22N2O3S/c1-14-8-2-6-12-17(14)23-18-13-7-5-11-16(18)20-24(21,22)19-15-9-3-4-10-15/h2,5-8,11-13,15,19-20H,3-4,9-10H2,1H3. The smallest absolute Gasteiger partial charge is 0.299 e. The number of hydrogen-bond acceptors (Lipinski definition) is 3. The summed E-state index contributed by atoms with van der Waals surface area (Å²) in [5, 5.41) is 0. The highest BCUT2D eigenvalue weighted by Gasteiger charge is 2.22. The van der Waals surface area contributed by atoms with Crippen LogP contribution in [0.25, 0.3) is 0 Å². The van der Waals surface area contributed by atoms with Gasteiger partial charge in [-0.2, -0.15) is 13.1 Å². The van der Waals surface area contributed by atoms with Crippen LogP contribution in [0.1, 0.15) is 31.2 Å². The zero-order valence-electron chi connectivity index (χ0n) is 13.7. The van der Waals surface area contributed by atoms with Crippen LogP contribution < -0.4 is 14.2 Å². The second-order valence-corrected chi connectivity index (χ2v) is 7.52. The van der Waals surface area contributed by atoms with E-state index in [4.69, 9.17) is 4.74 Å². The summed E-state index contributed by atoms with van der Waals surface area (Å²) in [5.74, 6) is 1.18. The molecule has 0 aromatic heterocycles. The largest absolute Gasteiger partial charge is 0.455 e. The van der Waals surface area contributed by atoms with Crippen LogP contribution in [-0.2, 0) is 10.2 Å². The Hall–Kier alpha value is -2.05. The van der Waals surface area contributed by atoms with Crippen LogP contribution in [0.5, 0.6) is 11.5 Å². The Kier molecular flexibility index (Phi) is 5.06. The molecule has 0 heterocycles. The van der Waals surface area contributed by atoms with Crippen LogP contribution in [0.3, 0.4) is 0 Å². The molecule has 2 aromatic carbocycles. The number of para-hydroxylation sites is 3. The Balaban J connectivity index is 1.77. The lowest BCUT2D eigenvalue weighted by atomic mass is 10.2. The van der Waals surface area contributed by atoms with E-state index in [-0.39, 0.29) is 6.04 Å². The molecule has 5 nitrogen and oxygen atoms in total. The fraction of sp³-hybridized carbons (Fsp3) is 0.333. The second-order valence-electron chi connectivity index (χ2n) is 6.07. The van der Waals surface area contributed by atoms with Gasteiger partial charge in [-0.25, -0.2) is 0 Å². The third kappa shape index (κ3) is 4.27. The average Bonchev–Trinajstić information content (AvgIpc) is 3.03. The van der Waals surface area contributed by atoms with Gasteiger partial charge in [-0.15, -0.1) is 0 Å². The fourth-order valence-corrected chi connectivity index (χ4v) is 4.06. The van der Waals surface area contributed by atoms with Crippen molar-refractivity contribution in [3.63, 3.8) is 0 Å². The molecular formula is C18H22N2O3S. The lowest BCUT2D eigenvalue weighted by molar-refractivity contribution is 0.481. The quantitative estimate of drug-likeness (QED) is 0.831. The van der Waals surface area contributed by atoms with Gasteiger partial charge < -0.3 is 4.74 Å². The summed E-state index contributed by atoms with van der Waals surface area (Å²) >= 11 is 0. The lowest BCUT2D eigenvalue weighted by Crippen LogP contribution is -2.37. The predicted octanol–water partition coefficient (Wildman–Crippen LogP) is 3.98. The molecule has 24 heavy (non-hydrogen) atoms. The normalized spacial score (nSPS) is 15.4. The molecule has 1 aliphatic carbocycles. The van der Waals surface area contributed by atoms with Gasteiger partial charge in [0.1, 0.15) is 5.75 Å². The van der Waals surface area contributed by atoms with Crippen molar-refractivity contribution in [3.8, 4) is 11.5 Å². The highest BCUT2D eigenvalue weighted by molar-refractivity contribution is 7.90. The number of ether oxygens (including phenoxy) is 1. The van der Waals surface area contributed by atoms with Gasteiger partial charge in [-0.3, -0.25) is 4.72 Å². The SMILES string of the molecule is Cc1ccccc1Oc1ccccc1NS(=O)(=O)NC1CCCC1. The zero-order chi connectivity index (χ0) is 17.0. The van der Waals surface area contributed by atoms with Crippen molar-refractivity contribution >= 4 is 15.9 Å². The van der Waals surface area contributed by atoms with Gasteiger partial charge in [0.25, 0.3) is 10.2 Å². The topological polar surface area (TPSA) is 67.4 Å². The monoisotopic (exact) mass is 346 g/mol. The number of benzene rings is 2. The van der Waals surface area contributed by atoms with E-state index in [1.807, 2.05) is 37.3 Å². The van der Waals surface area contributed by atoms with Gasteiger partial charge in [0, 0.05) is 6.04 Å². The molecule has 2 aromatic rings. The Bertz CT molecular complexity index is 799. The Morgan fingerprint density at radius 3 is 2.29 bits per heavy atom. The molecule has 0 spiro atoms. The van der Waals surface area contributed by atoms with E-state index in [0.29, 0.717) is 17.2 Å². The molecule has 1 fully saturated rings. The molecule has 0 unspecified atom stereocenters. The van der Waals surface area contributed by atoms with Crippen molar-refractivity contribution in [1.29, 1.82) is 0 Å². The number of nitrogens with one attached hydrogen (secondary N) is 2. The maximum Gasteiger partial charge on any atom is 0.299 e. The molecule has 6 heteroatoms. The third-order valence-corrected chi connectivity index (χ3v) is 5.25. The Morgan fingerprint density at radius 1 is 0.958 bits per heavy atom. The maximum absolute atomic E-state index is 12.3. The van der Waals surface area contributed by atoms with E-state index in [1.165, 1.54) is 0 Å². The van der Waals surface area contributed by atoms with Gasteiger partial charge in [-0.1, -0.05) is 43.2 Å². The first-order chi connectivity index (χ1) is 11.5. The Labute approximate surface area is 143 Å². The van der Waals surface area contributed by atoms with Crippen LogP contribution >= 0.6 is 0 Å². The van der Waals surface area contributed by atoms with Crippen LogP contribution in [0, 0.1) is 6.92 Å². The second kappa shape index (κ2) is 7.23. The minimum Gasteiger partial charge on any atom is -0.455 e. The molecule has 1 aliphatic rings. The van der Waals surface area contributed by atoms with Crippen molar-refractivity contribution < 1.29 is 13.2 Å². The maximum atomic E-state index is 12.3. The molecule has 0 amide bonds. The van der Waals surface area contributed by atoms with Crippen LogP contribution in [0.15, 0.2) is 48.5 Å². The van der Waals surface area contributed by atoms with Gasteiger partial charge in [0.05, 0.1) is 5.69 Å². The van der Waals surface area contributed by atoms with E-state index in [9.17, 15) is 8.42 Å². The fourth-order valence-electron chi connectivity index (χ4n) is 2.87. The number of rotatable bonds is 6. The number of anilines is 1. The van der Waals surface area contributed by atoms with Crippen molar-refractivity contribution in [2.24, 2.45) is 0 Å². The highest BCUT2D eigenvalue weighted by Crippen LogP contribution is 2.31. The van der Waals surface area contributed by atoms with Crippen LogP contribution in [0.4, 0.5) is 5.69 Å². The summed E-state index contributed by atoms with van der Waals surface area (Å²) < 4.78 is 35.9. The highest BCUT2D eigenvalue weighted by atomic mass is 32.2. The van der Waals surface area contributed by atoms with E-state index >= 15 is 0 Å². The predicted molar refractivity (Wildman–Crippen MR) is 95.6 cm³/mol. The summed E-state index contributed by atoms with van der Waals surface area (Å²) in [6.45, 7) is 1.95. The molecule has 0 bridgehead atoms. The minimum atomic E-state index is -3.62. The summed E-state index contributed by atoms with van der Waals surface area (Å²) in [5.41, 5.74) is 1.41. The number of aryl methyl sites for hydroxylation is 1. The summed E-state index contributed by atoms with van der Waals surface area (Å²) in [7, 11) is -3.62. The first-order valence-electron chi connectivity index (χ1n) is 8.16. The van der Waals surface area contributed by atoms with Crippen molar-refractivity contribution in [3.05, 3.63) is 54.1 Å². The lowest BCUT2D eigenvalue weighted by Gasteiger charge is -2.17. The summed E-state index contributed by atoms with van der Waals surface area (Å²) in [6.07, 6.45) is 3.92.